The van der Waals surface area contributed by atoms with E-state index >= 15 is 0 Å². The summed E-state index contributed by atoms with van der Waals surface area (Å²) >= 11 is 0. The predicted molar refractivity (Wildman–Crippen MR) is 97.0 cm³/mol. The van der Waals surface area contributed by atoms with E-state index in [2.05, 4.69) is 10.6 Å². The minimum absolute atomic E-state index is 0.104. The van der Waals surface area contributed by atoms with Crippen molar-refractivity contribution >= 4 is 12.0 Å². The zero-order valence-electron chi connectivity index (χ0n) is 14.6. The molecular formula is C20H24N2O3. The van der Waals surface area contributed by atoms with Gasteiger partial charge in [-0.25, -0.2) is 4.79 Å². The number of alkyl carbamates (subject to hydrolysis) is 1. The Morgan fingerprint density at radius 1 is 0.920 bits per heavy atom. The van der Waals surface area contributed by atoms with Crippen molar-refractivity contribution < 1.29 is 14.3 Å². The fourth-order valence-corrected chi connectivity index (χ4v) is 2.56. The first-order valence-electron chi connectivity index (χ1n) is 8.42. The monoisotopic (exact) mass is 340 g/mol. The Hall–Kier alpha value is -2.82. The van der Waals surface area contributed by atoms with Crippen LogP contribution in [0.1, 0.15) is 43.5 Å². The molecule has 2 N–H and O–H groups in total. The molecule has 0 saturated carbocycles. The predicted octanol–water partition coefficient (Wildman–Crippen LogP) is 3.74. The minimum Gasteiger partial charge on any atom is -0.450 e. The molecule has 132 valence electrons. The van der Waals surface area contributed by atoms with Crippen molar-refractivity contribution in [3.8, 4) is 0 Å². The molecule has 0 heterocycles. The molecule has 2 atom stereocenters. The molecule has 5 heteroatoms. The maximum atomic E-state index is 12.4. The van der Waals surface area contributed by atoms with Crippen LogP contribution < -0.4 is 10.6 Å². The van der Waals surface area contributed by atoms with Crippen LogP contribution in [0, 0.1) is 0 Å². The summed E-state index contributed by atoms with van der Waals surface area (Å²) < 4.78 is 4.94. The lowest BCUT2D eigenvalue weighted by molar-refractivity contribution is -0.122. The Bertz CT molecular complexity index is 674. The van der Waals surface area contributed by atoms with Crippen molar-refractivity contribution in [3.63, 3.8) is 0 Å². The summed E-state index contributed by atoms with van der Waals surface area (Å²) in [6, 6.07) is 18.6. The van der Waals surface area contributed by atoms with Crippen LogP contribution in [0.15, 0.2) is 60.7 Å². The molecule has 0 saturated heterocycles. The molecule has 0 aliphatic rings. The molecule has 2 amide bonds. The summed E-state index contributed by atoms with van der Waals surface area (Å²) in [5, 5.41) is 5.73. The summed E-state index contributed by atoms with van der Waals surface area (Å²) in [5.41, 5.74) is 1.89. The second-order valence-electron chi connectivity index (χ2n) is 5.73. The second kappa shape index (κ2) is 9.47. The Morgan fingerprint density at radius 3 is 2.04 bits per heavy atom. The van der Waals surface area contributed by atoms with Gasteiger partial charge in [0.15, 0.2) is 0 Å². The van der Waals surface area contributed by atoms with Gasteiger partial charge in [-0.1, -0.05) is 60.7 Å². The number of nitrogens with one attached hydrogen (secondary N) is 2. The van der Waals surface area contributed by atoms with E-state index in [4.69, 9.17) is 4.74 Å². The molecule has 0 unspecified atom stereocenters. The number of carbonyl (C=O) groups is 2. The number of ether oxygens (including phenoxy) is 1. The Labute approximate surface area is 148 Å². The van der Waals surface area contributed by atoms with E-state index in [0.29, 0.717) is 0 Å². The zero-order valence-corrected chi connectivity index (χ0v) is 14.6. The Balaban J connectivity index is 2.02. The fourth-order valence-electron chi connectivity index (χ4n) is 2.56. The van der Waals surface area contributed by atoms with Crippen LogP contribution in [-0.4, -0.2) is 18.6 Å². The number of hydrogen-bond donors (Lipinski definition) is 2. The molecule has 0 fully saturated rings. The van der Waals surface area contributed by atoms with E-state index in [-0.39, 0.29) is 25.0 Å². The third-order valence-corrected chi connectivity index (χ3v) is 3.84. The fraction of sp³-hybridized carbons (Fsp3) is 0.300. The van der Waals surface area contributed by atoms with Crippen molar-refractivity contribution in [2.24, 2.45) is 0 Å². The van der Waals surface area contributed by atoms with E-state index in [1.807, 2.05) is 67.6 Å². The van der Waals surface area contributed by atoms with Crippen LogP contribution in [0.3, 0.4) is 0 Å². The largest absolute Gasteiger partial charge is 0.450 e. The average Bonchev–Trinajstić information content (AvgIpc) is 2.63. The van der Waals surface area contributed by atoms with Crippen LogP contribution in [0.5, 0.6) is 0 Å². The molecule has 2 aromatic rings. The van der Waals surface area contributed by atoms with Gasteiger partial charge in [-0.3, -0.25) is 4.79 Å². The summed E-state index contributed by atoms with van der Waals surface area (Å²) in [4.78, 5) is 24.2. The van der Waals surface area contributed by atoms with Crippen LogP contribution in [-0.2, 0) is 9.53 Å². The van der Waals surface area contributed by atoms with Gasteiger partial charge in [0.05, 0.1) is 25.1 Å². The van der Waals surface area contributed by atoms with Gasteiger partial charge < -0.3 is 15.4 Å². The molecule has 25 heavy (non-hydrogen) atoms. The van der Waals surface area contributed by atoms with Gasteiger partial charge in [-0.15, -0.1) is 0 Å². The Kier molecular flexibility index (Phi) is 7.01. The standard InChI is InChI=1S/C20H24N2O3/c1-3-25-20(24)22-18(17-12-8-5-9-13-17)14-19(23)21-15(2)16-10-6-4-7-11-16/h4-13,15,18H,3,14H2,1-2H3,(H,21,23)(H,22,24)/t15-,18+/m1/s1. The van der Waals surface area contributed by atoms with Gasteiger partial charge in [-0.2, -0.15) is 0 Å². The lowest BCUT2D eigenvalue weighted by Crippen LogP contribution is -2.35. The van der Waals surface area contributed by atoms with Crippen molar-refractivity contribution in [2.45, 2.75) is 32.4 Å². The normalized spacial score (nSPS) is 12.7. The number of benzene rings is 2. The van der Waals surface area contributed by atoms with Crippen LogP contribution in [0.4, 0.5) is 4.79 Å². The van der Waals surface area contributed by atoms with Gasteiger partial charge in [-0.05, 0) is 25.0 Å². The molecule has 5 nitrogen and oxygen atoms in total. The third-order valence-electron chi connectivity index (χ3n) is 3.84. The third kappa shape index (κ3) is 5.95. The molecule has 0 spiro atoms. The summed E-state index contributed by atoms with van der Waals surface area (Å²) in [7, 11) is 0. The van der Waals surface area contributed by atoms with Gasteiger partial charge >= 0.3 is 6.09 Å². The van der Waals surface area contributed by atoms with Gasteiger partial charge in [0.25, 0.3) is 0 Å². The number of amides is 2. The van der Waals surface area contributed by atoms with Gasteiger partial charge in [0.1, 0.15) is 0 Å². The van der Waals surface area contributed by atoms with Crippen molar-refractivity contribution in [3.05, 3.63) is 71.8 Å². The smallest absolute Gasteiger partial charge is 0.407 e. The molecule has 0 radical (unpaired) electrons. The highest BCUT2D eigenvalue weighted by Gasteiger charge is 2.20. The highest BCUT2D eigenvalue weighted by molar-refractivity contribution is 5.78. The van der Waals surface area contributed by atoms with E-state index in [1.54, 1.807) is 6.92 Å². The highest BCUT2D eigenvalue weighted by Crippen LogP contribution is 2.18. The molecule has 2 aromatic carbocycles. The Morgan fingerprint density at radius 2 is 1.48 bits per heavy atom. The van der Waals surface area contributed by atoms with E-state index in [0.717, 1.165) is 11.1 Å². The molecule has 2 rings (SSSR count). The maximum Gasteiger partial charge on any atom is 0.407 e. The summed E-state index contributed by atoms with van der Waals surface area (Å²) in [5.74, 6) is -0.137. The van der Waals surface area contributed by atoms with Crippen LogP contribution in [0.25, 0.3) is 0 Å². The quantitative estimate of drug-likeness (QED) is 0.807. The van der Waals surface area contributed by atoms with E-state index in [1.165, 1.54) is 0 Å². The van der Waals surface area contributed by atoms with Crippen LogP contribution in [0.2, 0.25) is 0 Å². The van der Waals surface area contributed by atoms with Crippen molar-refractivity contribution in [2.75, 3.05) is 6.61 Å². The van der Waals surface area contributed by atoms with E-state index in [9.17, 15) is 9.59 Å². The van der Waals surface area contributed by atoms with E-state index < -0.39 is 12.1 Å². The molecule has 0 aromatic heterocycles. The van der Waals surface area contributed by atoms with Gasteiger partial charge in [0, 0.05) is 0 Å². The maximum absolute atomic E-state index is 12.4. The second-order valence-corrected chi connectivity index (χ2v) is 5.73. The van der Waals surface area contributed by atoms with Gasteiger partial charge in [0.2, 0.25) is 5.91 Å². The number of hydrogen-bond acceptors (Lipinski definition) is 3. The first-order chi connectivity index (χ1) is 12.1. The topological polar surface area (TPSA) is 67.4 Å². The molecule has 0 aliphatic heterocycles. The van der Waals surface area contributed by atoms with Crippen molar-refractivity contribution in [1.82, 2.24) is 10.6 Å². The summed E-state index contributed by atoms with van der Waals surface area (Å²) in [6.07, 6.45) is -0.389. The molecular weight excluding hydrogens is 316 g/mol. The molecule has 0 aliphatic carbocycles. The number of carbonyl (C=O) groups excluding carboxylic acids is 2. The van der Waals surface area contributed by atoms with Crippen molar-refractivity contribution in [1.29, 1.82) is 0 Å². The summed E-state index contributed by atoms with van der Waals surface area (Å²) in [6.45, 7) is 3.96. The first kappa shape index (κ1) is 18.5. The number of rotatable bonds is 7. The minimum atomic E-state index is -0.528. The first-order valence-corrected chi connectivity index (χ1v) is 8.42. The SMILES string of the molecule is CCOC(=O)N[C@@H](CC(=O)N[C@H](C)c1ccccc1)c1ccccc1. The highest BCUT2D eigenvalue weighted by atomic mass is 16.5. The molecule has 0 bridgehead atoms. The van der Waals surface area contributed by atoms with Crippen LogP contribution >= 0.6 is 0 Å². The average molecular weight is 340 g/mol. The zero-order chi connectivity index (χ0) is 18.1. The lowest BCUT2D eigenvalue weighted by Gasteiger charge is -2.20. The lowest BCUT2D eigenvalue weighted by atomic mass is 10.0.